The Kier molecular flexibility index (Phi) is 8.02. The molecule has 2 aliphatic rings. The van der Waals surface area contributed by atoms with Crippen LogP contribution in [0.1, 0.15) is 19.3 Å². The molecule has 5 amide bonds. The van der Waals surface area contributed by atoms with Gasteiger partial charge in [-0.25, -0.2) is 14.6 Å². The molecule has 1 aromatic heterocycles. The van der Waals surface area contributed by atoms with Crippen LogP contribution in [0.25, 0.3) is 10.9 Å². The molecule has 3 heterocycles. The lowest BCUT2D eigenvalue weighted by molar-refractivity contribution is -0.129. The molecule has 0 aliphatic carbocycles. The van der Waals surface area contributed by atoms with Crippen molar-refractivity contribution < 1.29 is 14.4 Å². The van der Waals surface area contributed by atoms with Crippen molar-refractivity contribution in [2.45, 2.75) is 25.3 Å². The van der Waals surface area contributed by atoms with Crippen LogP contribution in [0.5, 0.6) is 0 Å². The molecule has 0 spiro atoms. The van der Waals surface area contributed by atoms with E-state index in [-0.39, 0.29) is 24.4 Å². The molecule has 2 fully saturated rings. The summed E-state index contributed by atoms with van der Waals surface area (Å²) in [7, 11) is 0. The predicted octanol–water partition coefficient (Wildman–Crippen LogP) is 2.63. The first-order valence-corrected chi connectivity index (χ1v) is 12.6. The smallest absolute Gasteiger partial charge is 0.324 e. The lowest BCUT2D eigenvalue weighted by Gasteiger charge is -2.37. The number of hydrogen-bond acceptors (Lipinski definition) is 6. The predicted molar refractivity (Wildman–Crippen MR) is 137 cm³/mol. The van der Waals surface area contributed by atoms with Gasteiger partial charge in [0, 0.05) is 67.3 Å². The summed E-state index contributed by atoms with van der Waals surface area (Å²) in [6, 6.07) is 5.83. The third-order valence-corrected chi connectivity index (χ3v) is 6.70. The second-order valence-corrected chi connectivity index (χ2v) is 9.42. The third-order valence-electron chi connectivity index (χ3n) is 6.28. The van der Waals surface area contributed by atoms with Crippen molar-refractivity contribution in [1.29, 1.82) is 0 Å². The van der Waals surface area contributed by atoms with Gasteiger partial charge in [-0.3, -0.25) is 9.69 Å². The number of alkyl halides is 1. The maximum Gasteiger partial charge on any atom is 0.324 e. The van der Waals surface area contributed by atoms with E-state index in [2.05, 4.69) is 20.5 Å². The first kappa shape index (κ1) is 25.1. The molecule has 1 unspecified atom stereocenters. The number of pyridine rings is 1. The van der Waals surface area contributed by atoms with Crippen molar-refractivity contribution >= 4 is 63.6 Å². The van der Waals surface area contributed by atoms with Gasteiger partial charge in [-0.05, 0) is 37.5 Å². The number of nitrogens with zero attached hydrogens (tertiary/aromatic N) is 4. The van der Waals surface area contributed by atoms with Crippen LogP contribution in [0, 0.1) is 0 Å². The van der Waals surface area contributed by atoms with Gasteiger partial charge in [0.15, 0.2) is 0 Å². The molecule has 0 radical (unpaired) electrons. The molecular formula is C23H29Cl2N7O3. The summed E-state index contributed by atoms with van der Waals surface area (Å²) in [4.78, 5) is 47.7. The summed E-state index contributed by atoms with van der Waals surface area (Å²) in [6.07, 6.45) is 1.93. The number of likely N-dealkylation sites (tertiary alicyclic amines) is 1. The van der Waals surface area contributed by atoms with Crippen LogP contribution < -0.4 is 21.3 Å². The molecule has 10 nitrogen and oxygen atoms in total. The highest BCUT2D eigenvalue weighted by molar-refractivity contribution is 6.31. The van der Waals surface area contributed by atoms with Gasteiger partial charge in [0.2, 0.25) is 0 Å². The number of nitrogens with two attached hydrogens (primary N) is 1. The van der Waals surface area contributed by atoms with E-state index < -0.39 is 12.1 Å². The summed E-state index contributed by atoms with van der Waals surface area (Å²) in [5.41, 5.74) is 7.69. The van der Waals surface area contributed by atoms with Gasteiger partial charge in [0.05, 0.1) is 5.52 Å². The fraction of sp³-hybridized carbons (Fsp3) is 0.478. The van der Waals surface area contributed by atoms with Crippen LogP contribution in [-0.2, 0) is 4.79 Å². The molecule has 2 saturated heterocycles. The Labute approximate surface area is 213 Å². The molecule has 1 aromatic carbocycles. The average Bonchev–Trinajstić information content (AvgIpc) is 3.03. The number of nitrogens with one attached hydrogen (secondary N) is 2. The van der Waals surface area contributed by atoms with Crippen LogP contribution >= 0.6 is 23.2 Å². The minimum Gasteiger partial charge on any atom is -0.384 e. The number of carbonyl (C=O) groups excluding carboxylic acids is 3. The molecule has 0 saturated carbocycles. The summed E-state index contributed by atoms with van der Waals surface area (Å²) >= 11 is 11.7. The number of anilines is 2. The zero-order valence-corrected chi connectivity index (χ0v) is 20.8. The third kappa shape index (κ3) is 5.82. The van der Waals surface area contributed by atoms with Crippen molar-refractivity contribution in [1.82, 2.24) is 25.4 Å². The van der Waals surface area contributed by atoms with Crippen LogP contribution in [0.4, 0.5) is 21.1 Å². The number of aromatic nitrogens is 1. The number of rotatable bonds is 4. The molecule has 188 valence electrons. The highest BCUT2D eigenvalue weighted by Crippen LogP contribution is 2.30. The second-order valence-electron chi connectivity index (χ2n) is 8.61. The molecular weight excluding hydrogens is 493 g/mol. The largest absolute Gasteiger partial charge is 0.384 e. The van der Waals surface area contributed by atoms with Gasteiger partial charge < -0.3 is 26.2 Å². The topological polar surface area (TPSA) is 124 Å². The van der Waals surface area contributed by atoms with Gasteiger partial charge in [-0.2, -0.15) is 0 Å². The number of nitrogen functional groups attached to an aromatic ring is 1. The molecule has 2 aliphatic heterocycles. The molecule has 1 atom stereocenters. The van der Waals surface area contributed by atoms with Gasteiger partial charge in [-0.15, -0.1) is 11.6 Å². The number of amides is 5. The summed E-state index contributed by atoms with van der Waals surface area (Å²) < 4.78 is 0. The number of benzene rings is 1. The Hall–Kier alpha value is -2.98. The van der Waals surface area contributed by atoms with Crippen molar-refractivity contribution in [3.05, 3.63) is 29.3 Å². The van der Waals surface area contributed by atoms with E-state index >= 15 is 0 Å². The molecule has 0 bridgehead atoms. The van der Waals surface area contributed by atoms with Crippen LogP contribution in [-0.4, -0.2) is 83.9 Å². The normalized spacial score (nSPS) is 19.0. The van der Waals surface area contributed by atoms with Crippen molar-refractivity contribution in [2.24, 2.45) is 0 Å². The highest BCUT2D eigenvalue weighted by Gasteiger charge is 2.33. The minimum absolute atomic E-state index is 0.259. The lowest BCUT2D eigenvalue weighted by atomic mass is 10.1. The number of carbonyl (C=O) groups is 3. The quantitative estimate of drug-likeness (QED) is 0.531. The number of imide groups is 1. The number of piperazine rings is 1. The van der Waals surface area contributed by atoms with Crippen molar-refractivity contribution in [3.63, 3.8) is 0 Å². The van der Waals surface area contributed by atoms with Crippen LogP contribution in [0.3, 0.4) is 0 Å². The summed E-state index contributed by atoms with van der Waals surface area (Å²) in [5.74, 6) is 0.274. The molecule has 12 heteroatoms. The minimum atomic E-state index is -0.738. The van der Waals surface area contributed by atoms with Gasteiger partial charge >= 0.3 is 12.1 Å². The molecule has 35 heavy (non-hydrogen) atoms. The van der Waals surface area contributed by atoms with E-state index in [1.165, 1.54) is 4.90 Å². The molecule has 2 aromatic rings. The zero-order chi connectivity index (χ0) is 24.9. The molecule has 4 N–H and O–H groups in total. The summed E-state index contributed by atoms with van der Waals surface area (Å²) in [6.45, 7) is 2.75. The Morgan fingerprint density at radius 3 is 2.60 bits per heavy atom. The summed E-state index contributed by atoms with van der Waals surface area (Å²) in [5, 5.41) is 7.00. The van der Waals surface area contributed by atoms with E-state index in [9.17, 15) is 14.4 Å². The van der Waals surface area contributed by atoms with E-state index in [0.717, 1.165) is 23.0 Å². The van der Waals surface area contributed by atoms with Crippen molar-refractivity contribution in [3.8, 4) is 0 Å². The molecule has 4 rings (SSSR count). The number of fused-ring (bicyclic) bond motifs is 1. The average molecular weight is 522 g/mol. The van der Waals surface area contributed by atoms with Gasteiger partial charge in [0.1, 0.15) is 11.9 Å². The number of hydrogen-bond donors (Lipinski definition) is 3. The Bertz CT molecular complexity index is 1100. The van der Waals surface area contributed by atoms with Gasteiger partial charge in [-0.1, -0.05) is 11.6 Å². The van der Waals surface area contributed by atoms with Gasteiger partial charge in [0.25, 0.3) is 5.91 Å². The van der Waals surface area contributed by atoms with E-state index in [0.29, 0.717) is 56.4 Å². The first-order valence-electron chi connectivity index (χ1n) is 11.7. The SMILES string of the molecule is Nc1cc(N2CCN(C(=O)NC3CCCCN(C(=O)NCCCl)C3=O)CC2)c2ccc(Cl)cc2n1. The first-order chi connectivity index (χ1) is 16.9. The van der Waals surface area contributed by atoms with Crippen LogP contribution in [0.2, 0.25) is 5.02 Å². The lowest BCUT2D eigenvalue weighted by Crippen LogP contribution is -2.57. The van der Waals surface area contributed by atoms with E-state index in [4.69, 9.17) is 28.9 Å². The maximum atomic E-state index is 13.0. The number of urea groups is 2. The van der Waals surface area contributed by atoms with E-state index in [1.807, 2.05) is 18.2 Å². The van der Waals surface area contributed by atoms with Crippen molar-refractivity contribution in [2.75, 3.05) is 55.8 Å². The fourth-order valence-electron chi connectivity index (χ4n) is 4.48. The fourth-order valence-corrected chi connectivity index (χ4v) is 4.74. The van der Waals surface area contributed by atoms with Crippen LogP contribution in [0.15, 0.2) is 24.3 Å². The maximum absolute atomic E-state index is 13.0. The Morgan fingerprint density at radius 1 is 1.09 bits per heavy atom. The zero-order valence-electron chi connectivity index (χ0n) is 19.3. The monoisotopic (exact) mass is 521 g/mol. The Morgan fingerprint density at radius 2 is 1.86 bits per heavy atom. The highest BCUT2D eigenvalue weighted by atomic mass is 35.5. The second kappa shape index (κ2) is 11.2. The standard InChI is InChI=1S/C23H29Cl2N7O3/c24-6-7-27-22(34)32-8-2-1-3-17(21(32)33)29-23(35)31-11-9-30(10-12-31)19-14-20(26)28-18-13-15(25)4-5-16(18)19/h4-5,13-14,17H,1-3,6-12H2,(H2,26,28)(H,27,34)(H,29,35). The number of halogens is 2. The Balaban J connectivity index is 1.38. The van der Waals surface area contributed by atoms with E-state index in [1.54, 1.807) is 11.0 Å².